The molecule has 0 radical (unpaired) electrons. The third-order valence-corrected chi connectivity index (χ3v) is 5.91. The van der Waals surface area contributed by atoms with Crippen molar-refractivity contribution in [3.63, 3.8) is 0 Å². The van der Waals surface area contributed by atoms with E-state index in [1.807, 2.05) is 17.0 Å². The summed E-state index contributed by atoms with van der Waals surface area (Å²) >= 11 is 0. The second kappa shape index (κ2) is 9.30. The molecular formula is C24H29N3O3. The minimum atomic E-state index is -0.297. The van der Waals surface area contributed by atoms with E-state index in [4.69, 9.17) is 4.74 Å². The summed E-state index contributed by atoms with van der Waals surface area (Å²) < 4.78 is 5.04. The summed E-state index contributed by atoms with van der Waals surface area (Å²) in [5.74, 6) is 0.0250. The number of hydrogen-bond donors (Lipinski definition) is 0. The second-order valence-electron chi connectivity index (χ2n) is 7.90. The van der Waals surface area contributed by atoms with Gasteiger partial charge in [0.2, 0.25) is 0 Å². The summed E-state index contributed by atoms with van der Waals surface area (Å²) in [6, 6.07) is 16.6. The third-order valence-electron chi connectivity index (χ3n) is 5.91. The summed E-state index contributed by atoms with van der Waals surface area (Å²) in [7, 11) is 0. The molecular weight excluding hydrogens is 378 g/mol. The van der Waals surface area contributed by atoms with Gasteiger partial charge in [-0.2, -0.15) is 0 Å². The van der Waals surface area contributed by atoms with Gasteiger partial charge in [-0.05, 0) is 42.2 Å². The van der Waals surface area contributed by atoms with Crippen molar-refractivity contribution in [2.75, 3.05) is 39.3 Å². The van der Waals surface area contributed by atoms with Gasteiger partial charge in [0.25, 0.3) is 5.91 Å². The minimum absolute atomic E-state index is 0.0250. The van der Waals surface area contributed by atoms with Crippen LogP contribution in [-0.2, 0) is 24.2 Å². The molecule has 0 bridgehead atoms. The van der Waals surface area contributed by atoms with Gasteiger partial charge in [-0.25, -0.2) is 4.79 Å². The molecule has 30 heavy (non-hydrogen) atoms. The first-order chi connectivity index (χ1) is 14.6. The molecule has 2 aliphatic rings. The van der Waals surface area contributed by atoms with Crippen LogP contribution >= 0.6 is 0 Å². The van der Waals surface area contributed by atoms with Crippen LogP contribution < -0.4 is 0 Å². The third kappa shape index (κ3) is 4.65. The fourth-order valence-corrected chi connectivity index (χ4v) is 4.19. The number of hydrogen-bond acceptors (Lipinski definition) is 4. The van der Waals surface area contributed by atoms with Crippen LogP contribution in [0.5, 0.6) is 0 Å². The molecule has 2 aromatic rings. The van der Waals surface area contributed by atoms with Crippen LogP contribution in [0.1, 0.15) is 34.0 Å². The number of carbonyl (C=O) groups excluding carboxylic acids is 2. The molecule has 0 aliphatic carbocycles. The molecule has 2 amide bonds. The van der Waals surface area contributed by atoms with Crippen LogP contribution in [0.15, 0.2) is 48.5 Å². The fraction of sp³-hybridized carbons (Fsp3) is 0.417. The van der Waals surface area contributed by atoms with Gasteiger partial charge in [-0.1, -0.05) is 36.4 Å². The first kappa shape index (κ1) is 20.4. The van der Waals surface area contributed by atoms with E-state index in [0.29, 0.717) is 38.3 Å². The number of nitrogens with zero attached hydrogens (tertiary/aromatic N) is 3. The molecule has 1 fully saturated rings. The highest BCUT2D eigenvalue weighted by Crippen LogP contribution is 2.20. The summed E-state index contributed by atoms with van der Waals surface area (Å²) in [5.41, 5.74) is 4.79. The summed E-state index contributed by atoms with van der Waals surface area (Å²) in [6.07, 6.45) is 0.791. The Labute approximate surface area is 178 Å². The number of piperazine rings is 1. The lowest BCUT2D eigenvalue weighted by atomic mass is 9.99. The number of fused-ring (bicyclic) bond motifs is 1. The summed E-state index contributed by atoms with van der Waals surface area (Å²) in [4.78, 5) is 30.6. The lowest BCUT2D eigenvalue weighted by molar-refractivity contribution is 0.0570. The molecule has 0 saturated carbocycles. The van der Waals surface area contributed by atoms with Crippen molar-refractivity contribution >= 4 is 12.0 Å². The summed E-state index contributed by atoms with van der Waals surface area (Å²) in [5, 5.41) is 0. The zero-order valence-corrected chi connectivity index (χ0v) is 17.5. The van der Waals surface area contributed by atoms with Gasteiger partial charge in [0.1, 0.15) is 0 Å². The largest absolute Gasteiger partial charge is 0.450 e. The van der Waals surface area contributed by atoms with Crippen LogP contribution in [0.2, 0.25) is 0 Å². The van der Waals surface area contributed by atoms with Crippen molar-refractivity contribution in [3.05, 3.63) is 70.8 Å². The van der Waals surface area contributed by atoms with Gasteiger partial charge in [0.05, 0.1) is 6.61 Å². The first-order valence-corrected chi connectivity index (χ1v) is 10.7. The molecule has 4 rings (SSSR count). The minimum Gasteiger partial charge on any atom is -0.450 e. The monoisotopic (exact) mass is 407 g/mol. The van der Waals surface area contributed by atoms with Gasteiger partial charge in [0, 0.05) is 51.4 Å². The highest BCUT2D eigenvalue weighted by molar-refractivity contribution is 5.94. The lowest BCUT2D eigenvalue weighted by Crippen LogP contribution is -2.50. The van der Waals surface area contributed by atoms with Crippen LogP contribution in [0, 0.1) is 0 Å². The molecule has 2 aliphatic heterocycles. The number of amides is 2. The Bertz CT molecular complexity index is 889. The molecule has 2 aromatic carbocycles. The zero-order valence-electron chi connectivity index (χ0n) is 17.5. The van der Waals surface area contributed by atoms with E-state index in [0.717, 1.165) is 26.1 Å². The quantitative estimate of drug-likeness (QED) is 0.781. The van der Waals surface area contributed by atoms with Crippen molar-refractivity contribution in [3.8, 4) is 0 Å². The number of benzene rings is 2. The molecule has 0 unspecified atom stereocenters. The Hall–Kier alpha value is -2.86. The van der Waals surface area contributed by atoms with Crippen LogP contribution in [0.4, 0.5) is 4.79 Å². The smallest absolute Gasteiger partial charge is 0.409 e. The van der Waals surface area contributed by atoms with E-state index in [1.54, 1.807) is 11.8 Å². The molecule has 6 nitrogen and oxygen atoms in total. The average molecular weight is 408 g/mol. The first-order valence-electron chi connectivity index (χ1n) is 10.7. The highest BCUT2D eigenvalue weighted by atomic mass is 16.6. The van der Waals surface area contributed by atoms with E-state index in [9.17, 15) is 9.59 Å². The van der Waals surface area contributed by atoms with Crippen molar-refractivity contribution in [2.45, 2.75) is 26.4 Å². The van der Waals surface area contributed by atoms with Crippen molar-refractivity contribution in [1.29, 1.82) is 0 Å². The molecule has 2 heterocycles. The molecule has 0 aromatic heterocycles. The van der Waals surface area contributed by atoms with Crippen LogP contribution in [-0.4, -0.2) is 66.0 Å². The standard InChI is InChI=1S/C24H29N3O3/c1-2-30-24(29)27-15-13-26(14-16-27)23(28)21-9-7-19(8-10-21)17-25-12-11-20-5-3-4-6-22(20)18-25/h3-10H,2,11-18H2,1H3. The maximum absolute atomic E-state index is 12.8. The SMILES string of the molecule is CCOC(=O)N1CCN(C(=O)c2ccc(CN3CCc4ccccc4C3)cc2)CC1. The average Bonchev–Trinajstić information content (AvgIpc) is 2.79. The lowest BCUT2D eigenvalue weighted by Gasteiger charge is -2.34. The number of ether oxygens (including phenoxy) is 1. The van der Waals surface area contributed by atoms with Crippen molar-refractivity contribution in [1.82, 2.24) is 14.7 Å². The molecule has 1 saturated heterocycles. The zero-order chi connectivity index (χ0) is 20.9. The van der Waals surface area contributed by atoms with Crippen LogP contribution in [0.3, 0.4) is 0 Å². The molecule has 0 atom stereocenters. The maximum atomic E-state index is 12.8. The Balaban J connectivity index is 1.31. The molecule has 6 heteroatoms. The predicted molar refractivity (Wildman–Crippen MR) is 115 cm³/mol. The Morgan fingerprint density at radius 2 is 1.53 bits per heavy atom. The highest BCUT2D eigenvalue weighted by Gasteiger charge is 2.25. The van der Waals surface area contributed by atoms with Gasteiger partial charge in [0.15, 0.2) is 0 Å². The van der Waals surface area contributed by atoms with E-state index < -0.39 is 0 Å². The van der Waals surface area contributed by atoms with Gasteiger partial charge in [-0.3, -0.25) is 9.69 Å². The van der Waals surface area contributed by atoms with Crippen LogP contribution in [0.25, 0.3) is 0 Å². The van der Waals surface area contributed by atoms with E-state index in [2.05, 4.69) is 41.3 Å². The topological polar surface area (TPSA) is 53.1 Å². The van der Waals surface area contributed by atoms with Crippen molar-refractivity contribution in [2.24, 2.45) is 0 Å². The van der Waals surface area contributed by atoms with Gasteiger partial charge < -0.3 is 14.5 Å². The van der Waals surface area contributed by atoms with Gasteiger partial charge >= 0.3 is 6.09 Å². The van der Waals surface area contributed by atoms with Crippen molar-refractivity contribution < 1.29 is 14.3 Å². The molecule has 0 spiro atoms. The molecule has 158 valence electrons. The fourth-order valence-electron chi connectivity index (χ4n) is 4.19. The number of carbonyl (C=O) groups is 2. The summed E-state index contributed by atoms with van der Waals surface area (Å²) in [6.45, 7) is 7.18. The van der Waals surface area contributed by atoms with E-state index in [-0.39, 0.29) is 12.0 Å². The van der Waals surface area contributed by atoms with E-state index in [1.165, 1.54) is 16.7 Å². The van der Waals surface area contributed by atoms with E-state index >= 15 is 0 Å². The van der Waals surface area contributed by atoms with Gasteiger partial charge in [-0.15, -0.1) is 0 Å². The normalized spacial score (nSPS) is 16.8. The Kier molecular flexibility index (Phi) is 6.33. The Morgan fingerprint density at radius 3 is 2.23 bits per heavy atom. The second-order valence-corrected chi connectivity index (χ2v) is 7.90. The Morgan fingerprint density at radius 1 is 0.867 bits per heavy atom. The maximum Gasteiger partial charge on any atom is 0.409 e. The molecule has 0 N–H and O–H groups in total. The predicted octanol–water partition coefficient (Wildman–Crippen LogP) is 3.16. The number of rotatable bonds is 4.